The van der Waals surface area contributed by atoms with Crippen LogP contribution in [0.15, 0.2) is 17.7 Å². The number of nitrogens with zero attached hydrogens (tertiary/aromatic N) is 1. The molecule has 0 aromatic carbocycles. The molecule has 2 heterocycles. The Morgan fingerprint density at radius 3 is 2.45 bits per heavy atom. The van der Waals surface area contributed by atoms with E-state index in [1.807, 2.05) is 27.7 Å². The van der Waals surface area contributed by atoms with E-state index in [4.69, 9.17) is 9.31 Å². The summed E-state index contributed by atoms with van der Waals surface area (Å²) in [7, 11) is -0.721. The standard InChI is InChI=1S/C15H19BFNO4/c1-14(2)15(3,4)22-16(21-14)11(9-20)6-12-5-10(8-19)13(17)7-18-12/h5-8,20H,9H2,1-4H3. The van der Waals surface area contributed by atoms with Gasteiger partial charge < -0.3 is 14.4 Å². The van der Waals surface area contributed by atoms with E-state index in [-0.39, 0.29) is 12.2 Å². The van der Waals surface area contributed by atoms with Crippen molar-refractivity contribution in [1.29, 1.82) is 0 Å². The number of aliphatic hydroxyl groups is 1. The molecule has 0 atom stereocenters. The Labute approximate surface area is 129 Å². The maximum Gasteiger partial charge on any atom is 0.492 e. The van der Waals surface area contributed by atoms with Gasteiger partial charge in [-0.05, 0) is 45.3 Å². The summed E-state index contributed by atoms with van der Waals surface area (Å²) in [6.07, 6.45) is 2.92. The lowest BCUT2D eigenvalue weighted by molar-refractivity contribution is 0.00578. The Bertz CT molecular complexity index is 600. The number of carbonyl (C=O) groups is 1. The number of halogens is 1. The third kappa shape index (κ3) is 3.11. The van der Waals surface area contributed by atoms with E-state index in [1.54, 1.807) is 0 Å². The lowest BCUT2D eigenvalue weighted by Gasteiger charge is -2.32. The molecule has 1 fully saturated rings. The molecule has 1 aliphatic heterocycles. The fourth-order valence-corrected chi connectivity index (χ4v) is 2.01. The first-order valence-corrected chi connectivity index (χ1v) is 6.98. The van der Waals surface area contributed by atoms with Gasteiger partial charge in [0, 0.05) is 0 Å². The van der Waals surface area contributed by atoms with Crippen LogP contribution >= 0.6 is 0 Å². The summed E-state index contributed by atoms with van der Waals surface area (Å²) >= 11 is 0. The monoisotopic (exact) mass is 307 g/mol. The van der Waals surface area contributed by atoms with Crippen LogP contribution in [0, 0.1) is 5.82 Å². The van der Waals surface area contributed by atoms with E-state index >= 15 is 0 Å². The lowest BCUT2D eigenvalue weighted by atomic mass is 9.78. The van der Waals surface area contributed by atoms with Crippen LogP contribution in [0.1, 0.15) is 43.7 Å². The Kier molecular flexibility index (Phi) is 4.51. The summed E-state index contributed by atoms with van der Waals surface area (Å²) in [6.45, 7) is 7.32. The first-order chi connectivity index (χ1) is 10.2. The van der Waals surface area contributed by atoms with Gasteiger partial charge in [0.25, 0.3) is 0 Å². The molecule has 1 saturated heterocycles. The molecule has 0 spiro atoms. The molecule has 0 amide bonds. The Balaban J connectivity index is 2.31. The Morgan fingerprint density at radius 1 is 1.36 bits per heavy atom. The van der Waals surface area contributed by atoms with Crippen LogP contribution in [-0.4, -0.2) is 41.3 Å². The third-order valence-electron chi connectivity index (χ3n) is 4.10. The number of hydrogen-bond donors (Lipinski definition) is 1. The summed E-state index contributed by atoms with van der Waals surface area (Å²) in [5.74, 6) is -0.687. The Morgan fingerprint density at radius 2 is 1.95 bits per heavy atom. The second-order valence-corrected chi connectivity index (χ2v) is 6.21. The second-order valence-electron chi connectivity index (χ2n) is 6.21. The molecule has 0 unspecified atom stereocenters. The molecule has 2 rings (SSSR count). The normalized spacial score (nSPS) is 20.3. The molecule has 1 N–H and O–H groups in total. The SMILES string of the molecule is CC1(C)OB(C(=Cc2cc(C=O)c(F)cn2)CO)OC1(C)C. The maximum atomic E-state index is 13.3. The van der Waals surface area contributed by atoms with Crippen LogP contribution in [0.25, 0.3) is 6.08 Å². The molecular formula is C15H19BFNO4. The van der Waals surface area contributed by atoms with Gasteiger partial charge in [-0.25, -0.2) is 4.39 Å². The van der Waals surface area contributed by atoms with Crippen molar-refractivity contribution in [3.63, 3.8) is 0 Å². The highest BCUT2D eigenvalue weighted by molar-refractivity contribution is 6.55. The predicted octanol–water partition coefficient (Wildman–Crippen LogP) is 2.04. The molecule has 0 bridgehead atoms. The molecule has 7 heteroatoms. The zero-order chi connectivity index (χ0) is 16.5. The molecule has 5 nitrogen and oxygen atoms in total. The molecule has 1 aromatic heterocycles. The number of rotatable bonds is 4. The number of aromatic nitrogens is 1. The first kappa shape index (κ1) is 16.8. The summed E-state index contributed by atoms with van der Waals surface area (Å²) < 4.78 is 25.0. The van der Waals surface area contributed by atoms with Gasteiger partial charge in [0.05, 0.1) is 35.3 Å². The summed E-state index contributed by atoms with van der Waals surface area (Å²) in [4.78, 5) is 14.7. The van der Waals surface area contributed by atoms with E-state index in [2.05, 4.69) is 4.98 Å². The van der Waals surface area contributed by atoms with Crippen molar-refractivity contribution < 1.29 is 23.6 Å². The van der Waals surface area contributed by atoms with Crippen LogP contribution in [0.4, 0.5) is 4.39 Å². The predicted molar refractivity (Wildman–Crippen MR) is 80.7 cm³/mol. The van der Waals surface area contributed by atoms with Gasteiger partial charge in [-0.15, -0.1) is 0 Å². The minimum atomic E-state index is -0.721. The largest absolute Gasteiger partial charge is 0.492 e. The van der Waals surface area contributed by atoms with Gasteiger partial charge in [-0.2, -0.15) is 0 Å². The maximum absolute atomic E-state index is 13.3. The number of pyridine rings is 1. The number of hydrogen-bond acceptors (Lipinski definition) is 5. The molecule has 0 radical (unpaired) electrons. The van der Waals surface area contributed by atoms with Crippen LogP contribution in [0.2, 0.25) is 0 Å². The average molecular weight is 307 g/mol. The molecule has 22 heavy (non-hydrogen) atoms. The van der Waals surface area contributed by atoms with Crippen molar-refractivity contribution in [3.05, 3.63) is 34.8 Å². The van der Waals surface area contributed by atoms with Gasteiger partial charge >= 0.3 is 7.12 Å². The van der Waals surface area contributed by atoms with Crippen molar-refractivity contribution in [2.24, 2.45) is 0 Å². The van der Waals surface area contributed by atoms with Crippen molar-refractivity contribution in [2.75, 3.05) is 6.61 Å². The zero-order valence-corrected chi connectivity index (χ0v) is 13.1. The minimum Gasteiger partial charge on any atom is -0.400 e. The highest BCUT2D eigenvalue weighted by Crippen LogP contribution is 2.38. The van der Waals surface area contributed by atoms with E-state index < -0.39 is 24.1 Å². The third-order valence-corrected chi connectivity index (χ3v) is 4.10. The van der Waals surface area contributed by atoms with Crippen LogP contribution in [-0.2, 0) is 9.31 Å². The molecular weight excluding hydrogens is 288 g/mol. The van der Waals surface area contributed by atoms with Crippen LogP contribution in [0.3, 0.4) is 0 Å². The second kappa shape index (κ2) is 5.91. The molecule has 118 valence electrons. The van der Waals surface area contributed by atoms with E-state index in [1.165, 1.54) is 12.1 Å². The van der Waals surface area contributed by atoms with Gasteiger partial charge in [0.1, 0.15) is 0 Å². The smallest absolute Gasteiger partial charge is 0.400 e. The molecule has 1 aliphatic rings. The van der Waals surface area contributed by atoms with E-state index in [0.29, 0.717) is 17.5 Å². The van der Waals surface area contributed by atoms with Gasteiger partial charge in [-0.3, -0.25) is 9.78 Å². The van der Waals surface area contributed by atoms with E-state index in [0.717, 1.165) is 6.20 Å². The summed E-state index contributed by atoms with van der Waals surface area (Å²) in [6, 6.07) is 1.31. The van der Waals surface area contributed by atoms with Gasteiger partial charge in [0.15, 0.2) is 12.1 Å². The lowest BCUT2D eigenvalue weighted by Crippen LogP contribution is -2.41. The van der Waals surface area contributed by atoms with Gasteiger partial charge in [-0.1, -0.05) is 0 Å². The average Bonchev–Trinajstić information content (AvgIpc) is 2.66. The van der Waals surface area contributed by atoms with E-state index in [9.17, 15) is 14.3 Å². The highest BCUT2D eigenvalue weighted by atomic mass is 19.1. The Hall–Kier alpha value is -1.57. The van der Waals surface area contributed by atoms with Crippen molar-refractivity contribution in [2.45, 2.75) is 38.9 Å². The van der Waals surface area contributed by atoms with Crippen molar-refractivity contribution in [3.8, 4) is 0 Å². The van der Waals surface area contributed by atoms with Crippen molar-refractivity contribution in [1.82, 2.24) is 4.98 Å². The summed E-state index contributed by atoms with van der Waals surface area (Å²) in [5.41, 5.74) is -0.351. The fraction of sp³-hybridized carbons (Fsp3) is 0.467. The molecule has 0 saturated carbocycles. The zero-order valence-electron chi connectivity index (χ0n) is 13.1. The number of aldehydes is 1. The summed E-state index contributed by atoms with van der Waals surface area (Å²) in [5, 5.41) is 9.57. The van der Waals surface area contributed by atoms with Crippen LogP contribution < -0.4 is 0 Å². The minimum absolute atomic E-state index is 0.0903. The number of aliphatic hydroxyl groups excluding tert-OH is 1. The molecule has 1 aromatic rings. The quantitative estimate of drug-likeness (QED) is 0.681. The van der Waals surface area contributed by atoms with Gasteiger partial charge in [0.2, 0.25) is 0 Å². The molecule has 0 aliphatic carbocycles. The highest BCUT2D eigenvalue weighted by Gasteiger charge is 2.52. The topological polar surface area (TPSA) is 68.7 Å². The van der Waals surface area contributed by atoms with Crippen molar-refractivity contribution >= 4 is 19.5 Å². The fourth-order valence-electron chi connectivity index (χ4n) is 2.01. The van der Waals surface area contributed by atoms with Crippen LogP contribution in [0.5, 0.6) is 0 Å². The first-order valence-electron chi connectivity index (χ1n) is 6.98. The number of carbonyl (C=O) groups excluding carboxylic acids is 1.